The highest BCUT2D eigenvalue weighted by Crippen LogP contribution is 2.37. The SMILES string of the molecule is O=C1CCC[C@]2(CCCN(c3ncccn3)C2)N1CCN1CCCC1. The molecule has 3 fully saturated rings. The van der Waals surface area contributed by atoms with Gasteiger partial charge in [-0.15, -0.1) is 0 Å². The normalized spacial score (nSPS) is 28.1. The molecular weight excluding hydrogens is 314 g/mol. The molecule has 6 nitrogen and oxygen atoms in total. The lowest BCUT2D eigenvalue weighted by molar-refractivity contribution is -0.143. The maximum absolute atomic E-state index is 12.8. The van der Waals surface area contributed by atoms with Crippen molar-refractivity contribution in [3.05, 3.63) is 18.5 Å². The molecule has 25 heavy (non-hydrogen) atoms. The summed E-state index contributed by atoms with van der Waals surface area (Å²) in [5.41, 5.74) is -0.0213. The zero-order valence-electron chi connectivity index (χ0n) is 15.1. The summed E-state index contributed by atoms with van der Waals surface area (Å²) < 4.78 is 0. The van der Waals surface area contributed by atoms with E-state index in [9.17, 15) is 4.79 Å². The van der Waals surface area contributed by atoms with Crippen molar-refractivity contribution in [1.29, 1.82) is 0 Å². The summed E-state index contributed by atoms with van der Waals surface area (Å²) in [6.45, 7) is 6.15. The van der Waals surface area contributed by atoms with Gasteiger partial charge in [0.25, 0.3) is 0 Å². The maximum atomic E-state index is 12.8. The Hall–Kier alpha value is -1.69. The first-order valence-electron chi connectivity index (χ1n) is 9.82. The number of anilines is 1. The van der Waals surface area contributed by atoms with Crippen molar-refractivity contribution in [2.24, 2.45) is 0 Å². The van der Waals surface area contributed by atoms with Crippen LogP contribution in [0.1, 0.15) is 44.9 Å². The summed E-state index contributed by atoms with van der Waals surface area (Å²) in [5, 5.41) is 0. The zero-order chi connectivity index (χ0) is 17.1. The van der Waals surface area contributed by atoms with Crippen LogP contribution in [0.2, 0.25) is 0 Å². The van der Waals surface area contributed by atoms with Crippen molar-refractivity contribution in [2.45, 2.75) is 50.5 Å². The van der Waals surface area contributed by atoms with Gasteiger partial charge in [0, 0.05) is 45.0 Å². The molecule has 0 radical (unpaired) electrons. The van der Waals surface area contributed by atoms with Crippen LogP contribution in [0, 0.1) is 0 Å². The largest absolute Gasteiger partial charge is 0.338 e. The van der Waals surface area contributed by atoms with Gasteiger partial charge < -0.3 is 14.7 Å². The topological polar surface area (TPSA) is 52.6 Å². The number of nitrogens with zero attached hydrogens (tertiary/aromatic N) is 5. The second kappa shape index (κ2) is 7.28. The molecule has 0 unspecified atom stereocenters. The van der Waals surface area contributed by atoms with Crippen LogP contribution in [0.4, 0.5) is 5.95 Å². The van der Waals surface area contributed by atoms with Crippen molar-refractivity contribution >= 4 is 11.9 Å². The molecule has 4 heterocycles. The highest BCUT2D eigenvalue weighted by molar-refractivity contribution is 5.78. The summed E-state index contributed by atoms with van der Waals surface area (Å²) in [4.78, 5) is 28.7. The second-order valence-corrected chi connectivity index (χ2v) is 7.75. The summed E-state index contributed by atoms with van der Waals surface area (Å²) in [5.74, 6) is 1.15. The molecule has 136 valence electrons. The van der Waals surface area contributed by atoms with E-state index in [-0.39, 0.29) is 5.54 Å². The number of rotatable bonds is 4. The fourth-order valence-corrected chi connectivity index (χ4v) is 4.87. The minimum absolute atomic E-state index is 0.0213. The van der Waals surface area contributed by atoms with Gasteiger partial charge in [-0.2, -0.15) is 0 Å². The van der Waals surface area contributed by atoms with Crippen LogP contribution < -0.4 is 4.90 Å². The molecule has 1 aromatic rings. The number of likely N-dealkylation sites (tertiary alicyclic amines) is 2. The Bertz CT molecular complexity index is 585. The predicted molar refractivity (Wildman–Crippen MR) is 97.4 cm³/mol. The first-order chi connectivity index (χ1) is 12.3. The van der Waals surface area contributed by atoms with Gasteiger partial charge >= 0.3 is 0 Å². The van der Waals surface area contributed by atoms with E-state index >= 15 is 0 Å². The smallest absolute Gasteiger partial charge is 0.225 e. The van der Waals surface area contributed by atoms with Gasteiger partial charge in [0.2, 0.25) is 11.9 Å². The van der Waals surface area contributed by atoms with Crippen LogP contribution in [0.25, 0.3) is 0 Å². The Morgan fingerprint density at radius 1 is 0.960 bits per heavy atom. The van der Waals surface area contributed by atoms with Gasteiger partial charge in [-0.05, 0) is 57.7 Å². The predicted octanol–water partition coefficient (Wildman–Crippen LogP) is 1.92. The number of aromatic nitrogens is 2. The van der Waals surface area contributed by atoms with Gasteiger partial charge in [0.05, 0.1) is 5.54 Å². The van der Waals surface area contributed by atoms with Gasteiger partial charge in [-0.25, -0.2) is 9.97 Å². The lowest BCUT2D eigenvalue weighted by Crippen LogP contribution is -2.63. The fourth-order valence-electron chi connectivity index (χ4n) is 4.87. The lowest BCUT2D eigenvalue weighted by atomic mass is 9.79. The molecule has 3 saturated heterocycles. The van der Waals surface area contributed by atoms with Crippen molar-refractivity contribution in [3.8, 4) is 0 Å². The first-order valence-corrected chi connectivity index (χ1v) is 9.82. The van der Waals surface area contributed by atoms with Crippen molar-refractivity contribution in [3.63, 3.8) is 0 Å². The van der Waals surface area contributed by atoms with Gasteiger partial charge in [-0.1, -0.05) is 0 Å². The number of hydrogen-bond donors (Lipinski definition) is 0. The Kier molecular flexibility index (Phi) is 4.88. The van der Waals surface area contributed by atoms with Crippen LogP contribution in [0.3, 0.4) is 0 Å². The second-order valence-electron chi connectivity index (χ2n) is 7.75. The third-order valence-electron chi connectivity index (χ3n) is 6.14. The monoisotopic (exact) mass is 343 g/mol. The maximum Gasteiger partial charge on any atom is 0.225 e. The van der Waals surface area contributed by atoms with E-state index in [0.717, 1.165) is 57.8 Å². The average Bonchev–Trinajstić information content (AvgIpc) is 3.16. The summed E-state index contributed by atoms with van der Waals surface area (Å²) in [6.07, 6.45) is 11.3. The Labute approximate surface area is 150 Å². The molecule has 3 aliphatic heterocycles. The van der Waals surface area contributed by atoms with Crippen LogP contribution in [-0.4, -0.2) is 70.5 Å². The number of hydrogen-bond acceptors (Lipinski definition) is 5. The molecule has 1 amide bonds. The summed E-state index contributed by atoms with van der Waals surface area (Å²) >= 11 is 0. The fraction of sp³-hybridized carbons (Fsp3) is 0.737. The molecule has 1 atom stereocenters. The van der Waals surface area contributed by atoms with Crippen LogP contribution in [0.5, 0.6) is 0 Å². The number of piperidine rings is 2. The van der Waals surface area contributed by atoms with Gasteiger partial charge in [0.1, 0.15) is 0 Å². The third-order valence-corrected chi connectivity index (χ3v) is 6.14. The van der Waals surface area contributed by atoms with Crippen LogP contribution in [0.15, 0.2) is 18.5 Å². The molecule has 0 N–H and O–H groups in total. The van der Waals surface area contributed by atoms with E-state index in [2.05, 4.69) is 24.7 Å². The minimum Gasteiger partial charge on any atom is -0.338 e. The minimum atomic E-state index is -0.0213. The van der Waals surface area contributed by atoms with Gasteiger partial charge in [-0.3, -0.25) is 4.79 Å². The molecule has 4 rings (SSSR count). The van der Waals surface area contributed by atoms with E-state index in [0.29, 0.717) is 12.3 Å². The van der Waals surface area contributed by atoms with E-state index in [4.69, 9.17) is 0 Å². The van der Waals surface area contributed by atoms with Crippen LogP contribution >= 0.6 is 0 Å². The summed E-state index contributed by atoms with van der Waals surface area (Å²) in [6, 6.07) is 1.86. The quantitative estimate of drug-likeness (QED) is 0.836. The van der Waals surface area contributed by atoms with E-state index in [1.807, 2.05) is 6.07 Å². The Morgan fingerprint density at radius 2 is 1.72 bits per heavy atom. The Morgan fingerprint density at radius 3 is 2.52 bits per heavy atom. The summed E-state index contributed by atoms with van der Waals surface area (Å²) in [7, 11) is 0. The van der Waals surface area contributed by atoms with E-state index in [1.165, 1.54) is 25.9 Å². The molecule has 0 aromatic carbocycles. The van der Waals surface area contributed by atoms with Crippen molar-refractivity contribution in [1.82, 2.24) is 19.8 Å². The third kappa shape index (κ3) is 3.50. The highest BCUT2D eigenvalue weighted by atomic mass is 16.2. The first kappa shape index (κ1) is 16.8. The molecule has 1 aromatic heterocycles. The molecule has 0 bridgehead atoms. The molecule has 0 aliphatic carbocycles. The molecule has 0 saturated carbocycles. The molecule has 1 spiro atoms. The van der Waals surface area contributed by atoms with Crippen molar-refractivity contribution in [2.75, 3.05) is 44.2 Å². The van der Waals surface area contributed by atoms with Gasteiger partial charge in [0.15, 0.2) is 0 Å². The lowest BCUT2D eigenvalue weighted by Gasteiger charge is -2.52. The van der Waals surface area contributed by atoms with E-state index < -0.39 is 0 Å². The zero-order valence-corrected chi connectivity index (χ0v) is 15.1. The average molecular weight is 343 g/mol. The molecule has 6 heteroatoms. The number of amides is 1. The Balaban J connectivity index is 1.50. The van der Waals surface area contributed by atoms with Crippen molar-refractivity contribution < 1.29 is 4.79 Å². The molecular formula is C19H29N5O. The standard InChI is InChI=1S/C19H29N5O/c25-17-6-3-7-19(24(17)15-14-22-11-1-2-12-22)8-4-13-23(16-19)18-20-9-5-10-21-18/h5,9-10H,1-4,6-8,11-16H2/t19-/m1/s1. The van der Waals surface area contributed by atoms with E-state index in [1.54, 1.807) is 12.4 Å². The number of carbonyl (C=O) groups excluding carboxylic acids is 1. The number of carbonyl (C=O) groups is 1. The highest BCUT2D eigenvalue weighted by Gasteiger charge is 2.45. The van der Waals surface area contributed by atoms with Crippen LogP contribution in [-0.2, 0) is 4.79 Å². The molecule has 3 aliphatic rings.